The summed E-state index contributed by atoms with van der Waals surface area (Å²) >= 11 is 0. The summed E-state index contributed by atoms with van der Waals surface area (Å²) in [6, 6.07) is 8.70. The second-order valence-electron chi connectivity index (χ2n) is 5.11. The Morgan fingerprint density at radius 1 is 1.24 bits per heavy atom. The van der Waals surface area contributed by atoms with Gasteiger partial charge in [-0.2, -0.15) is 0 Å². The first kappa shape index (κ1) is 14.0. The Hall–Kier alpha value is -1.92. The highest BCUT2D eigenvalue weighted by atomic mass is 32.2. The maximum Gasteiger partial charge on any atom is 0.240 e. The van der Waals surface area contributed by atoms with Crippen LogP contribution in [0.5, 0.6) is 0 Å². The van der Waals surface area contributed by atoms with Gasteiger partial charge in [0.2, 0.25) is 10.0 Å². The molecule has 21 heavy (non-hydrogen) atoms. The molecule has 0 saturated heterocycles. The third-order valence-corrected chi connectivity index (χ3v) is 5.02. The fourth-order valence-electron chi connectivity index (χ4n) is 2.41. The first-order valence-electron chi connectivity index (χ1n) is 6.83. The van der Waals surface area contributed by atoms with Crippen LogP contribution in [0.3, 0.4) is 0 Å². The van der Waals surface area contributed by atoms with E-state index < -0.39 is 10.0 Å². The molecule has 6 heteroatoms. The molecule has 2 heterocycles. The molecule has 0 spiro atoms. The highest BCUT2D eigenvalue weighted by Crippen LogP contribution is 2.23. The number of hydrogen-bond acceptors (Lipinski definition) is 4. The van der Waals surface area contributed by atoms with Crippen LogP contribution in [0.4, 0.5) is 5.82 Å². The zero-order chi connectivity index (χ0) is 14.9. The van der Waals surface area contributed by atoms with E-state index in [1.807, 2.05) is 13.0 Å². The van der Waals surface area contributed by atoms with Gasteiger partial charge in [0.1, 0.15) is 5.82 Å². The van der Waals surface area contributed by atoms with Crippen LogP contribution >= 0.6 is 0 Å². The molecule has 5 nitrogen and oxygen atoms in total. The smallest absolute Gasteiger partial charge is 0.240 e. The lowest BCUT2D eigenvalue weighted by Crippen LogP contribution is -2.23. The van der Waals surface area contributed by atoms with Crippen LogP contribution in [0.1, 0.15) is 16.7 Å². The number of anilines is 1. The predicted octanol–water partition coefficient (Wildman–Crippen LogP) is 1.84. The average molecular weight is 303 g/mol. The lowest BCUT2D eigenvalue weighted by Gasteiger charge is -2.10. The normalized spacial score (nSPS) is 13.8. The molecular weight excluding hydrogens is 286 g/mol. The van der Waals surface area contributed by atoms with Crippen molar-refractivity contribution in [1.82, 2.24) is 9.71 Å². The number of aromatic nitrogens is 1. The van der Waals surface area contributed by atoms with Gasteiger partial charge in [-0.05, 0) is 37.1 Å². The average Bonchev–Trinajstić information content (AvgIpc) is 2.94. The van der Waals surface area contributed by atoms with Crippen LogP contribution in [0.25, 0.3) is 0 Å². The lowest BCUT2D eigenvalue weighted by atomic mass is 10.1. The third kappa shape index (κ3) is 2.91. The van der Waals surface area contributed by atoms with Gasteiger partial charge in [-0.1, -0.05) is 17.7 Å². The Morgan fingerprint density at radius 2 is 2.00 bits per heavy atom. The van der Waals surface area contributed by atoms with Crippen LogP contribution in [0.2, 0.25) is 0 Å². The molecule has 1 aromatic heterocycles. The lowest BCUT2D eigenvalue weighted by molar-refractivity contribution is 0.581. The van der Waals surface area contributed by atoms with Gasteiger partial charge < -0.3 is 5.32 Å². The van der Waals surface area contributed by atoms with Gasteiger partial charge in [-0.25, -0.2) is 18.1 Å². The molecule has 0 bridgehead atoms. The molecule has 0 saturated carbocycles. The van der Waals surface area contributed by atoms with E-state index in [4.69, 9.17) is 0 Å². The highest BCUT2D eigenvalue weighted by molar-refractivity contribution is 7.89. The molecule has 1 aliphatic rings. The maximum atomic E-state index is 12.3. The van der Waals surface area contributed by atoms with Crippen molar-refractivity contribution < 1.29 is 8.42 Å². The number of fused-ring (bicyclic) bond motifs is 1. The zero-order valence-electron chi connectivity index (χ0n) is 11.8. The summed E-state index contributed by atoms with van der Waals surface area (Å²) in [5, 5.41) is 3.19. The minimum absolute atomic E-state index is 0.280. The summed E-state index contributed by atoms with van der Waals surface area (Å²) < 4.78 is 27.2. The van der Waals surface area contributed by atoms with Gasteiger partial charge in [0.25, 0.3) is 0 Å². The topological polar surface area (TPSA) is 71.1 Å². The van der Waals surface area contributed by atoms with E-state index in [2.05, 4.69) is 15.0 Å². The van der Waals surface area contributed by atoms with Crippen molar-refractivity contribution in [3.8, 4) is 0 Å². The summed E-state index contributed by atoms with van der Waals surface area (Å²) in [6.45, 7) is 3.06. The Morgan fingerprint density at radius 3 is 2.76 bits per heavy atom. The van der Waals surface area contributed by atoms with Crippen molar-refractivity contribution in [3.05, 3.63) is 53.2 Å². The molecular formula is C15H17N3O2S. The molecule has 0 unspecified atom stereocenters. The molecule has 1 aromatic carbocycles. The Kier molecular flexibility index (Phi) is 3.65. The Labute approximate surface area is 124 Å². The second-order valence-corrected chi connectivity index (χ2v) is 6.88. The number of hydrogen-bond donors (Lipinski definition) is 2. The van der Waals surface area contributed by atoms with Crippen molar-refractivity contribution in [2.75, 3.05) is 11.9 Å². The van der Waals surface area contributed by atoms with Gasteiger partial charge in [0.15, 0.2) is 0 Å². The molecule has 2 aromatic rings. The minimum Gasteiger partial charge on any atom is -0.370 e. The first-order valence-corrected chi connectivity index (χ1v) is 8.31. The van der Waals surface area contributed by atoms with Gasteiger partial charge >= 0.3 is 0 Å². The van der Waals surface area contributed by atoms with Crippen molar-refractivity contribution in [3.63, 3.8) is 0 Å². The Bertz CT molecular complexity index is 755. The number of rotatable bonds is 4. The molecule has 110 valence electrons. The van der Waals surface area contributed by atoms with Gasteiger partial charge in [0.05, 0.1) is 4.90 Å². The number of benzene rings is 1. The molecule has 1 aliphatic heterocycles. The van der Waals surface area contributed by atoms with Crippen molar-refractivity contribution in [1.29, 1.82) is 0 Å². The van der Waals surface area contributed by atoms with Crippen LogP contribution in [-0.4, -0.2) is 19.9 Å². The number of sulfonamides is 1. The van der Waals surface area contributed by atoms with Gasteiger partial charge in [-0.3, -0.25) is 0 Å². The molecule has 2 N–H and O–H groups in total. The van der Waals surface area contributed by atoms with E-state index in [-0.39, 0.29) is 11.4 Å². The van der Waals surface area contributed by atoms with E-state index in [0.29, 0.717) is 0 Å². The van der Waals surface area contributed by atoms with Crippen molar-refractivity contribution in [2.45, 2.75) is 24.8 Å². The zero-order valence-corrected chi connectivity index (χ0v) is 12.6. The number of aryl methyl sites for hydroxylation is 1. The molecule has 0 radical (unpaired) electrons. The fraction of sp³-hybridized carbons (Fsp3) is 0.267. The summed E-state index contributed by atoms with van der Waals surface area (Å²) in [7, 11) is -3.48. The molecule has 3 rings (SSSR count). The van der Waals surface area contributed by atoms with Gasteiger partial charge in [0, 0.05) is 24.8 Å². The standard InChI is InChI=1S/C15H17N3O2S/c1-11-2-4-13(5-3-11)21(19,20)18-10-12-6-8-16-15-14(12)7-9-17-15/h2-6,8,18H,7,9-10H2,1H3,(H,16,17). The summed E-state index contributed by atoms with van der Waals surface area (Å²) in [5.74, 6) is 0.863. The van der Waals surface area contributed by atoms with Crippen LogP contribution in [0.15, 0.2) is 41.4 Å². The van der Waals surface area contributed by atoms with E-state index in [1.165, 1.54) is 0 Å². The quantitative estimate of drug-likeness (QED) is 0.904. The highest BCUT2D eigenvalue weighted by Gasteiger charge is 2.18. The number of nitrogens with one attached hydrogen (secondary N) is 2. The summed E-state index contributed by atoms with van der Waals surface area (Å²) in [5.41, 5.74) is 3.11. The number of nitrogens with zero attached hydrogens (tertiary/aromatic N) is 1. The summed E-state index contributed by atoms with van der Waals surface area (Å²) in [6.07, 6.45) is 2.58. The third-order valence-electron chi connectivity index (χ3n) is 3.60. The molecule has 0 amide bonds. The van der Waals surface area contributed by atoms with E-state index >= 15 is 0 Å². The van der Waals surface area contributed by atoms with Crippen LogP contribution in [0, 0.1) is 6.92 Å². The fourth-order valence-corrected chi connectivity index (χ4v) is 3.42. The minimum atomic E-state index is -3.48. The maximum absolute atomic E-state index is 12.3. The molecule has 0 aliphatic carbocycles. The first-order chi connectivity index (χ1) is 10.1. The monoisotopic (exact) mass is 303 g/mol. The van der Waals surface area contributed by atoms with Crippen molar-refractivity contribution >= 4 is 15.8 Å². The SMILES string of the molecule is Cc1ccc(S(=O)(=O)NCc2ccnc3c2CCN3)cc1. The molecule has 0 fully saturated rings. The summed E-state index contributed by atoms with van der Waals surface area (Å²) in [4.78, 5) is 4.53. The number of pyridine rings is 1. The van der Waals surface area contributed by atoms with Gasteiger partial charge in [-0.15, -0.1) is 0 Å². The largest absolute Gasteiger partial charge is 0.370 e. The van der Waals surface area contributed by atoms with Crippen LogP contribution in [-0.2, 0) is 23.0 Å². The van der Waals surface area contributed by atoms with E-state index in [1.54, 1.807) is 30.5 Å². The Balaban J connectivity index is 1.78. The molecule has 0 atom stereocenters. The van der Waals surface area contributed by atoms with E-state index in [0.717, 1.165) is 35.5 Å². The van der Waals surface area contributed by atoms with Crippen molar-refractivity contribution in [2.24, 2.45) is 0 Å². The van der Waals surface area contributed by atoms with E-state index in [9.17, 15) is 8.42 Å². The van der Waals surface area contributed by atoms with Crippen LogP contribution < -0.4 is 10.0 Å². The predicted molar refractivity (Wildman–Crippen MR) is 81.6 cm³/mol. The second kappa shape index (κ2) is 5.46.